The summed E-state index contributed by atoms with van der Waals surface area (Å²) in [5.41, 5.74) is 0.768. The van der Waals surface area contributed by atoms with Crippen LogP contribution in [0.25, 0.3) is 0 Å². The molecule has 0 unspecified atom stereocenters. The Morgan fingerprint density at radius 3 is 2.59 bits per heavy atom. The molecule has 0 saturated heterocycles. The fourth-order valence-corrected chi connectivity index (χ4v) is 3.50. The van der Waals surface area contributed by atoms with Crippen molar-refractivity contribution in [1.82, 2.24) is 14.9 Å². The highest BCUT2D eigenvalue weighted by atomic mass is 16.5. The van der Waals surface area contributed by atoms with Gasteiger partial charge in [-0.25, -0.2) is 4.79 Å². The normalized spacial score (nSPS) is 16.0. The second kappa shape index (κ2) is 7.87. The highest BCUT2D eigenvalue weighted by molar-refractivity contribution is 5.52. The Morgan fingerprint density at radius 2 is 1.93 bits per heavy atom. The van der Waals surface area contributed by atoms with E-state index in [0.29, 0.717) is 24.6 Å². The molecule has 0 fully saturated rings. The van der Waals surface area contributed by atoms with E-state index in [2.05, 4.69) is 10.3 Å². The molecule has 1 aromatic carbocycles. The van der Waals surface area contributed by atoms with Crippen molar-refractivity contribution in [2.45, 2.75) is 38.8 Å². The molecule has 3 N–H and O–H groups in total. The van der Waals surface area contributed by atoms with Crippen LogP contribution in [0.4, 0.5) is 0 Å². The number of aromatic amines is 1. The summed E-state index contributed by atoms with van der Waals surface area (Å²) in [6.07, 6.45) is 2.33. The molecule has 2 aromatic rings. The summed E-state index contributed by atoms with van der Waals surface area (Å²) < 4.78 is 12.0. The summed E-state index contributed by atoms with van der Waals surface area (Å²) in [6, 6.07) is 3.15. The van der Waals surface area contributed by atoms with E-state index in [-0.39, 0.29) is 11.4 Å². The van der Waals surface area contributed by atoms with Gasteiger partial charge in [0, 0.05) is 13.1 Å². The van der Waals surface area contributed by atoms with Crippen molar-refractivity contribution in [1.29, 1.82) is 0 Å². The number of ether oxygens (including phenoxy) is 2. The van der Waals surface area contributed by atoms with Crippen molar-refractivity contribution >= 4 is 0 Å². The first-order valence-corrected chi connectivity index (χ1v) is 9.05. The van der Waals surface area contributed by atoms with Crippen LogP contribution >= 0.6 is 0 Å². The standard InChI is InChI=1S/C19H25N3O5/c1-4-5-8-22-18(24)15(17(23)21-19(22)25)16-12-10-14(27-3)13(26-2)9-11(12)6-7-20-16/h9-10,16,20,24H,4-8H2,1-3H3,(H,21,23,25)/t16-/m0/s1. The van der Waals surface area contributed by atoms with Gasteiger partial charge in [0.2, 0.25) is 5.88 Å². The number of hydrogen-bond acceptors (Lipinski definition) is 6. The number of aromatic hydroxyl groups is 1. The summed E-state index contributed by atoms with van der Waals surface area (Å²) in [6.45, 7) is 2.96. The zero-order chi connectivity index (χ0) is 19.6. The van der Waals surface area contributed by atoms with Crippen molar-refractivity contribution in [3.63, 3.8) is 0 Å². The number of hydrogen-bond donors (Lipinski definition) is 3. The number of fused-ring (bicyclic) bond motifs is 1. The molecule has 0 saturated carbocycles. The van der Waals surface area contributed by atoms with Crippen LogP contribution in [0.2, 0.25) is 0 Å². The fourth-order valence-electron chi connectivity index (χ4n) is 3.50. The van der Waals surface area contributed by atoms with E-state index in [1.54, 1.807) is 14.2 Å². The van der Waals surface area contributed by atoms with Crippen LogP contribution in [0.3, 0.4) is 0 Å². The van der Waals surface area contributed by atoms with E-state index in [1.807, 2.05) is 19.1 Å². The molecular weight excluding hydrogens is 350 g/mol. The van der Waals surface area contributed by atoms with Gasteiger partial charge >= 0.3 is 5.69 Å². The van der Waals surface area contributed by atoms with Crippen molar-refractivity contribution in [3.05, 3.63) is 49.7 Å². The number of H-pyrrole nitrogens is 1. The fraction of sp³-hybridized carbons (Fsp3) is 0.474. The molecule has 8 nitrogen and oxygen atoms in total. The third kappa shape index (κ3) is 3.44. The summed E-state index contributed by atoms with van der Waals surface area (Å²) in [5, 5.41) is 14.0. The highest BCUT2D eigenvalue weighted by Crippen LogP contribution is 2.38. The number of aromatic nitrogens is 2. The molecule has 146 valence electrons. The molecule has 1 atom stereocenters. The Bertz CT molecular complexity index is 948. The van der Waals surface area contributed by atoms with Crippen molar-refractivity contribution in [3.8, 4) is 17.4 Å². The topological polar surface area (TPSA) is 106 Å². The number of benzene rings is 1. The average molecular weight is 375 g/mol. The minimum absolute atomic E-state index is 0.138. The van der Waals surface area contributed by atoms with Crippen LogP contribution in [0.15, 0.2) is 21.7 Å². The molecular formula is C19H25N3O5. The van der Waals surface area contributed by atoms with Crippen molar-refractivity contribution < 1.29 is 14.6 Å². The molecule has 1 aliphatic rings. The molecule has 8 heteroatoms. The van der Waals surface area contributed by atoms with Crippen LogP contribution in [-0.2, 0) is 13.0 Å². The molecule has 2 heterocycles. The molecule has 0 aliphatic carbocycles. The van der Waals surface area contributed by atoms with E-state index in [1.165, 1.54) is 4.57 Å². The van der Waals surface area contributed by atoms with Crippen LogP contribution in [0.1, 0.15) is 42.5 Å². The average Bonchev–Trinajstić information content (AvgIpc) is 2.66. The minimum atomic E-state index is -0.599. The summed E-state index contributed by atoms with van der Waals surface area (Å²) >= 11 is 0. The van der Waals surface area contributed by atoms with Crippen molar-refractivity contribution in [2.24, 2.45) is 0 Å². The third-order valence-electron chi connectivity index (χ3n) is 4.93. The number of nitrogens with zero attached hydrogens (tertiary/aromatic N) is 1. The first-order chi connectivity index (χ1) is 13.0. The Hall–Kier alpha value is -2.74. The predicted molar refractivity (Wildman–Crippen MR) is 101 cm³/mol. The number of unbranched alkanes of at least 4 members (excludes halogenated alkanes) is 1. The summed E-state index contributed by atoms with van der Waals surface area (Å²) in [7, 11) is 3.12. The maximum Gasteiger partial charge on any atom is 0.331 e. The van der Waals surface area contributed by atoms with E-state index >= 15 is 0 Å². The van der Waals surface area contributed by atoms with Gasteiger partial charge in [-0.2, -0.15) is 0 Å². The Kier molecular flexibility index (Phi) is 5.55. The quantitative estimate of drug-likeness (QED) is 0.703. The minimum Gasteiger partial charge on any atom is -0.494 e. The SMILES string of the molecule is CCCCn1c(O)c([C@H]2NCCc3cc(OC)c(OC)cc32)c(=O)[nH]c1=O. The van der Waals surface area contributed by atoms with E-state index in [0.717, 1.165) is 30.4 Å². The largest absolute Gasteiger partial charge is 0.494 e. The highest BCUT2D eigenvalue weighted by Gasteiger charge is 2.29. The van der Waals surface area contributed by atoms with Crippen molar-refractivity contribution in [2.75, 3.05) is 20.8 Å². The van der Waals surface area contributed by atoms with Gasteiger partial charge in [-0.15, -0.1) is 0 Å². The molecule has 3 rings (SSSR count). The molecule has 1 aromatic heterocycles. The van der Waals surface area contributed by atoms with Crippen LogP contribution in [-0.4, -0.2) is 35.4 Å². The molecule has 0 bridgehead atoms. The third-order valence-corrected chi connectivity index (χ3v) is 4.93. The molecule has 0 spiro atoms. The van der Waals surface area contributed by atoms with Crippen LogP contribution in [0.5, 0.6) is 17.4 Å². The second-order valence-electron chi connectivity index (χ2n) is 6.54. The van der Waals surface area contributed by atoms with Gasteiger partial charge in [0.1, 0.15) is 0 Å². The number of methoxy groups -OCH3 is 2. The lowest BCUT2D eigenvalue weighted by molar-refractivity contribution is 0.352. The smallest absolute Gasteiger partial charge is 0.331 e. The molecule has 1 aliphatic heterocycles. The molecule has 27 heavy (non-hydrogen) atoms. The maximum atomic E-state index is 12.5. The lowest BCUT2D eigenvalue weighted by Crippen LogP contribution is -2.39. The molecule has 0 radical (unpaired) electrons. The zero-order valence-electron chi connectivity index (χ0n) is 15.8. The summed E-state index contributed by atoms with van der Waals surface area (Å²) in [5.74, 6) is 0.862. The van der Waals surface area contributed by atoms with Gasteiger partial charge in [0.05, 0.1) is 25.8 Å². The van der Waals surface area contributed by atoms with E-state index in [9.17, 15) is 14.7 Å². The van der Waals surface area contributed by atoms with E-state index in [4.69, 9.17) is 9.47 Å². The number of nitrogens with one attached hydrogen (secondary N) is 2. The maximum absolute atomic E-state index is 12.5. The van der Waals surface area contributed by atoms with Gasteiger partial charge in [-0.1, -0.05) is 13.3 Å². The van der Waals surface area contributed by atoms with Gasteiger partial charge in [-0.3, -0.25) is 14.3 Å². The first-order valence-electron chi connectivity index (χ1n) is 9.05. The van der Waals surface area contributed by atoms with Gasteiger partial charge < -0.3 is 19.9 Å². The zero-order valence-corrected chi connectivity index (χ0v) is 15.8. The molecule has 0 amide bonds. The van der Waals surface area contributed by atoms with Crippen LogP contribution in [0, 0.1) is 0 Å². The van der Waals surface area contributed by atoms with Gasteiger partial charge in [0.15, 0.2) is 11.5 Å². The van der Waals surface area contributed by atoms with E-state index < -0.39 is 17.3 Å². The van der Waals surface area contributed by atoms with Gasteiger partial charge in [-0.05, 0) is 36.1 Å². The number of rotatable bonds is 6. The second-order valence-corrected chi connectivity index (χ2v) is 6.54. The predicted octanol–water partition coefficient (Wildman–Crippen LogP) is 1.29. The Labute approximate surface area is 156 Å². The lowest BCUT2D eigenvalue weighted by atomic mass is 9.90. The lowest BCUT2D eigenvalue weighted by Gasteiger charge is -2.28. The van der Waals surface area contributed by atoms with Gasteiger partial charge in [0.25, 0.3) is 5.56 Å². The Balaban J connectivity index is 2.17. The summed E-state index contributed by atoms with van der Waals surface area (Å²) in [4.78, 5) is 27.0. The van der Waals surface area contributed by atoms with Crippen LogP contribution < -0.4 is 26.0 Å². The monoisotopic (exact) mass is 375 g/mol. The Morgan fingerprint density at radius 1 is 1.22 bits per heavy atom. The first kappa shape index (κ1) is 19.0.